The van der Waals surface area contributed by atoms with Crippen LogP contribution in [0.15, 0.2) is 17.2 Å². The summed E-state index contributed by atoms with van der Waals surface area (Å²) in [5, 5.41) is 5.93. The van der Waals surface area contributed by atoms with Gasteiger partial charge in [-0.3, -0.25) is 4.79 Å². The number of hydrogen-bond donors (Lipinski definition) is 0. The first-order chi connectivity index (χ1) is 7.27. The molecule has 15 heavy (non-hydrogen) atoms. The average molecular weight is 203 g/mol. The van der Waals surface area contributed by atoms with E-state index >= 15 is 0 Å². The summed E-state index contributed by atoms with van der Waals surface area (Å²) in [6.45, 7) is 1.03. The molecule has 0 amide bonds. The van der Waals surface area contributed by atoms with E-state index < -0.39 is 0 Å². The topological polar surface area (TPSA) is 39.8 Å². The number of aryl methyl sites for hydroxylation is 3. The molecular weight excluding hydrogens is 190 g/mol. The van der Waals surface area contributed by atoms with Crippen LogP contribution in [-0.4, -0.2) is 14.3 Å². The average Bonchev–Trinajstić information content (AvgIpc) is 2.63. The van der Waals surface area contributed by atoms with Crippen LogP contribution in [0.3, 0.4) is 0 Å². The highest BCUT2D eigenvalue weighted by molar-refractivity contribution is 5.84. The van der Waals surface area contributed by atoms with E-state index in [0.717, 1.165) is 23.7 Å². The summed E-state index contributed by atoms with van der Waals surface area (Å²) in [6, 6.07) is 0. The van der Waals surface area contributed by atoms with Crippen LogP contribution < -0.4 is 5.56 Å². The van der Waals surface area contributed by atoms with Crippen LogP contribution in [-0.2, 0) is 20.0 Å². The van der Waals surface area contributed by atoms with Crippen molar-refractivity contribution in [2.75, 3.05) is 0 Å². The first-order valence-corrected chi connectivity index (χ1v) is 5.31. The number of rotatable bonds is 0. The minimum atomic E-state index is 0.00870. The number of nitrogens with zero attached hydrogens (tertiary/aromatic N) is 3. The minimum absolute atomic E-state index is 0.00870. The molecule has 2 aromatic heterocycles. The standard InChI is InChI=1S/C11H13N3O/c1-13-11(15)9-7-14-5-3-2-4-10(14)8(9)6-12-13/h6-7H,2-5H2,1H3. The maximum atomic E-state index is 11.8. The van der Waals surface area contributed by atoms with Gasteiger partial charge in [0.2, 0.25) is 0 Å². The Kier molecular flexibility index (Phi) is 1.71. The third kappa shape index (κ3) is 1.14. The minimum Gasteiger partial charge on any atom is -0.350 e. The summed E-state index contributed by atoms with van der Waals surface area (Å²) in [7, 11) is 1.69. The van der Waals surface area contributed by atoms with Crippen molar-refractivity contribution >= 4 is 10.8 Å². The first-order valence-electron chi connectivity index (χ1n) is 5.31. The summed E-state index contributed by atoms with van der Waals surface area (Å²) in [6.07, 6.45) is 7.29. The van der Waals surface area contributed by atoms with E-state index in [2.05, 4.69) is 9.67 Å². The van der Waals surface area contributed by atoms with Crippen LogP contribution in [0, 0.1) is 0 Å². The van der Waals surface area contributed by atoms with Crippen LogP contribution in [0.1, 0.15) is 18.5 Å². The van der Waals surface area contributed by atoms with Gasteiger partial charge in [-0.15, -0.1) is 0 Å². The highest BCUT2D eigenvalue weighted by Gasteiger charge is 2.15. The second-order valence-electron chi connectivity index (χ2n) is 4.13. The largest absolute Gasteiger partial charge is 0.350 e. The third-order valence-corrected chi connectivity index (χ3v) is 3.18. The molecule has 0 radical (unpaired) electrons. The van der Waals surface area contributed by atoms with Crippen LogP contribution in [0.25, 0.3) is 10.8 Å². The molecule has 0 saturated carbocycles. The molecule has 2 aromatic rings. The molecule has 0 fully saturated rings. The Hall–Kier alpha value is -1.58. The molecule has 0 atom stereocenters. The third-order valence-electron chi connectivity index (χ3n) is 3.18. The van der Waals surface area contributed by atoms with Gasteiger partial charge in [-0.1, -0.05) is 0 Å². The van der Waals surface area contributed by atoms with Crippen molar-refractivity contribution < 1.29 is 0 Å². The summed E-state index contributed by atoms with van der Waals surface area (Å²) in [5.74, 6) is 0. The van der Waals surface area contributed by atoms with Crippen molar-refractivity contribution in [1.82, 2.24) is 14.3 Å². The Morgan fingerprint density at radius 2 is 2.20 bits per heavy atom. The SMILES string of the molecule is Cn1ncc2c3n(cc2c1=O)CCCC3. The fraction of sp³-hybridized carbons (Fsp3) is 0.455. The smallest absolute Gasteiger partial charge is 0.275 e. The van der Waals surface area contributed by atoms with Crippen LogP contribution in [0.5, 0.6) is 0 Å². The van der Waals surface area contributed by atoms with E-state index in [1.54, 1.807) is 7.05 Å². The van der Waals surface area contributed by atoms with E-state index in [0.29, 0.717) is 0 Å². The number of fused-ring (bicyclic) bond motifs is 3. The predicted molar refractivity (Wildman–Crippen MR) is 57.9 cm³/mol. The lowest BCUT2D eigenvalue weighted by atomic mass is 10.1. The van der Waals surface area contributed by atoms with Crippen molar-refractivity contribution in [2.24, 2.45) is 7.05 Å². The monoisotopic (exact) mass is 203 g/mol. The van der Waals surface area contributed by atoms with Gasteiger partial charge in [0, 0.05) is 30.9 Å². The first kappa shape index (κ1) is 8.71. The van der Waals surface area contributed by atoms with Gasteiger partial charge in [-0.05, 0) is 19.3 Å². The van der Waals surface area contributed by atoms with E-state index in [-0.39, 0.29) is 5.56 Å². The molecule has 3 rings (SSSR count). The highest BCUT2D eigenvalue weighted by atomic mass is 16.1. The zero-order valence-electron chi connectivity index (χ0n) is 8.73. The van der Waals surface area contributed by atoms with Crippen molar-refractivity contribution in [3.8, 4) is 0 Å². The Balaban J connectivity index is 2.41. The Labute approximate surface area is 87.1 Å². The van der Waals surface area contributed by atoms with Gasteiger partial charge in [0.25, 0.3) is 5.56 Å². The van der Waals surface area contributed by atoms with Crippen molar-refractivity contribution in [2.45, 2.75) is 25.8 Å². The normalized spacial score (nSPS) is 15.5. The van der Waals surface area contributed by atoms with Gasteiger partial charge in [0.15, 0.2) is 0 Å². The van der Waals surface area contributed by atoms with Gasteiger partial charge in [0.1, 0.15) is 0 Å². The lowest BCUT2D eigenvalue weighted by Gasteiger charge is -2.14. The molecule has 1 aliphatic rings. The fourth-order valence-electron chi connectivity index (χ4n) is 2.35. The van der Waals surface area contributed by atoms with E-state index in [1.807, 2.05) is 12.4 Å². The molecule has 4 nitrogen and oxygen atoms in total. The summed E-state index contributed by atoms with van der Waals surface area (Å²) in [5.41, 5.74) is 1.29. The Morgan fingerprint density at radius 1 is 1.33 bits per heavy atom. The second-order valence-corrected chi connectivity index (χ2v) is 4.13. The maximum absolute atomic E-state index is 11.8. The van der Waals surface area contributed by atoms with Crippen LogP contribution in [0.4, 0.5) is 0 Å². The molecule has 0 aliphatic carbocycles. The molecule has 0 saturated heterocycles. The summed E-state index contributed by atoms with van der Waals surface area (Å²) < 4.78 is 3.60. The molecule has 0 N–H and O–H groups in total. The maximum Gasteiger partial charge on any atom is 0.275 e. The second kappa shape index (κ2) is 2.95. The van der Waals surface area contributed by atoms with Gasteiger partial charge in [-0.2, -0.15) is 5.10 Å². The molecule has 3 heterocycles. The molecular formula is C11H13N3O. The molecule has 0 aromatic carbocycles. The molecule has 78 valence electrons. The number of aromatic nitrogens is 3. The Morgan fingerprint density at radius 3 is 3.07 bits per heavy atom. The van der Waals surface area contributed by atoms with E-state index in [4.69, 9.17) is 0 Å². The van der Waals surface area contributed by atoms with Crippen LogP contribution in [0.2, 0.25) is 0 Å². The van der Waals surface area contributed by atoms with Gasteiger partial charge >= 0.3 is 0 Å². The summed E-state index contributed by atoms with van der Waals surface area (Å²) in [4.78, 5) is 11.8. The number of hydrogen-bond acceptors (Lipinski definition) is 2. The quantitative estimate of drug-likeness (QED) is 0.642. The predicted octanol–water partition coefficient (Wildman–Crippen LogP) is 1.07. The van der Waals surface area contributed by atoms with Gasteiger partial charge < -0.3 is 4.57 Å². The fourth-order valence-corrected chi connectivity index (χ4v) is 2.35. The van der Waals surface area contributed by atoms with E-state index in [9.17, 15) is 4.79 Å². The lowest BCUT2D eigenvalue weighted by molar-refractivity contribution is 0.536. The summed E-state index contributed by atoms with van der Waals surface area (Å²) >= 11 is 0. The zero-order valence-corrected chi connectivity index (χ0v) is 8.73. The Bertz CT molecular complexity index is 579. The van der Waals surface area contributed by atoms with Crippen molar-refractivity contribution in [3.63, 3.8) is 0 Å². The van der Waals surface area contributed by atoms with Gasteiger partial charge in [-0.25, -0.2) is 4.68 Å². The molecule has 1 aliphatic heterocycles. The van der Waals surface area contributed by atoms with Gasteiger partial charge in [0.05, 0.1) is 11.6 Å². The van der Waals surface area contributed by atoms with Crippen molar-refractivity contribution in [3.05, 3.63) is 28.4 Å². The molecule has 0 bridgehead atoms. The highest BCUT2D eigenvalue weighted by Crippen LogP contribution is 2.23. The van der Waals surface area contributed by atoms with Crippen molar-refractivity contribution in [1.29, 1.82) is 0 Å². The zero-order chi connectivity index (χ0) is 10.4. The lowest BCUT2D eigenvalue weighted by Crippen LogP contribution is -2.18. The molecule has 0 spiro atoms. The molecule has 0 unspecified atom stereocenters. The van der Waals surface area contributed by atoms with Crippen LogP contribution >= 0.6 is 0 Å². The van der Waals surface area contributed by atoms with E-state index in [1.165, 1.54) is 23.2 Å². The molecule has 4 heteroatoms.